The summed E-state index contributed by atoms with van der Waals surface area (Å²) in [4.78, 5) is 35.3. The molecule has 0 radical (unpaired) electrons. The van der Waals surface area contributed by atoms with Crippen LogP contribution in [-0.4, -0.2) is 26.2 Å². The lowest BCUT2D eigenvalue weighted by Crippen LogP contribution is -2.08. The van der Waals surface area contributed by atoms with Gasteiger partial charge >= 0.3 is 17.6 Å². The van der Waals surface area contributed by atoms with Crippen LogP contribution in [0.3, 0.4) is 0 Å². The van der Waals surface area contributed by atoms with Gasteiger partial charge in [-0.3, -0.25) is 9.59 Å². The van der Waals surface area contributed by atoms with Gasteiger partial charge in [0.15, 0.2) is 23.0 Å². The predicted molar refractivity (Wildman–Crippen MR) is 104 cm³/mol. The van der Waals surface area contributed by atoms with Gasteiger partial charge < -0.3 is 23.4 Å². The van der Waals surface area contributed by atoms with Crippen molar-refractivity contribution in [3.63, 3.8) is 0 Å². The highest BCUT2D eigenvalue weighted by Gasteiger charge is 2.16. The summed E-state index contributed by atoms with van der Waals surface area (Å²) in [5.74, 6) is -0.216. The highest BCUT2D eigenvalue weighted by atomic mass is 16.6. The average Bonchev–Trinajstić information content (AvgIpc) is 2.67. The summed E-state index contributed by atoms with van der Waals surface area (Å²) in [7, 11) is 3.01. The minimum absolute atomic E-state index is 0.0257. The predicted octanol–water partition coefficient (Wildman–Crippen LogP) is 3.33. The summed E-state index contributed by atoms with van der Waals surface area (Å²) >= 11 is 0. The summed E-state index contributed by atoms with van der Waals surface area (Å²) in [5, 5.41) is 0.474. The number of esters is 2. The number of benzene rings is 2. The van der Waals surface area contributed by atoms with Crippen LogP contribution in [-0.2, 0) is 9.59 Å². The third-order valence-corrected chi connectivity index (χ3v) is 4.00. The van der Waals surface area contributed by atoms with E-state index in [4.69, 9.17) is 23.4 Å². The lowest BCUT2D eigenvalue weighted by molar-refractivity contribution is -0.134. The maximum Gasteiger partial charge on any atom is 0.344 e. The average molecular weight is 398 g/mol. The molecule has 0 aliphatic rings. The number of hydrogen-bond donors (Lipinski definition) is 0. The molecule has 0 fully saturated rings. The molecule has 1 aromatic heterocycles. The van der Waals surface area contributed by atoms with Crippen LogP contribution in [0.2, 0.25) is 0 Å². The third-order valence-electron chi connectivity index (χ3n) is 4.00. The SMILES string of the molecule is COc1ccc(-c2cc3cc(OC(C)=O)c(OC(C)=O)cc3oc2=O)cc1OC. The molecule has 0 unspecified atom stereocenters. The second kappa shape index (κ2) is 8.05. The van der Waals surface area contributed by atoms with Crippen molar-refractivity contribution >= 4 is 22.9 Å². The maximum atomic E-state index is 12.6. The van der Waals surface area contributed by atoms with E-state index >= 15 is 0 Å². The van der Waals surface area contributed by atoms with Gasteiger partial charge in [0.1, 0.15) is 5.58 Å². The number of methoxy groups -OCH3 is 2. The van der Waals surface area contributed by atoms with Crippen molar-refractivity contribution in [1.82, 2.24) is 0 Å². The van der Waals surface area contributed by atoms with Crippen molar-refractivity contribution in [2.24, 2.45) is 0 Å². The van der Waals surface area contributed by atoms with Crippen molar-refractivity contribution < 1.29 is 33.0 Å². The molecule has 0 bridgehead atoms. The van der Waals surface area contributed by atoms with Crippen LogP contribution in [0.1, 0.15) is 13.8 Å². The first kappa shape index (κ1) is 19.9. The Morgan fingerprint density at radius 1 is 0.793 bits per heavy atom. The molecule has 0 amide bonds. The lowest BCUT2D eigenvalue weighted by atomic mass is 10.0. The molecule has 0 spiro atoms. The quantitative estimate of drug-likeness (QED) is 0.366. The Hall–Kier alpha value is -3.81. The van der Waals surface area contributed by atoms with Crippen molar-refractivity contribution in [3.05, 3.63) is 46.8 Å². The standard InChI is InChI=1S/C21H18O8/c1-11(22)27-19-9-14-7-15(13-5-6-16(25-3)18(8-13)26-4)21(24)29-17(14)10-20(19)28-12(2)23/h5-10H,1-4H3. The van der Waals surface area contributed by atoms with Crippen LogP contribution >= 0.6 is 0 Å². The third kappa shape index (κ3) is 4.21. The summed E-state index contributed by atoms with van der Waals surface area (Å²) < 4.78 is 26.1. The monoisotopic (exact) mass is 398 g/mol. The zero-order valence-corrected chi connectivity index (χ0v) is 16.2. The van der Waals surface area contributed by atoms with Gasteiger partial charge in [-0.05, 0) is 29.8 Å². The Morgan fingerprint density at radius 2 is 1.41 bits per heavy atom. The molecule has 8 heteroatoms. The van der Waals surface area contributed by atoms with Gasteiger partial charge in [-0.25, -0.2) is 4.79 Å². The first-order chi connectivity index (χ1) is 13.8. The maximum absolute atomic E-state index is 12.6. The van der Waals surface area contributed by atoms with Crippen LogP contribution < -0.4 is 24.6 Å². The topological polar surface area (TPSA) is 101 Å². The van der Waals surface area contributed by atoms with E-state index in [1.807, 2.05) is 0 Å². The molecule has 8 nitrogen and oxygen atoms in total. The normalized spacial score (nSPS) is 10.5. The Balaban J connectivity index is 2.18. The van der Waals surface area contributed by atoms with Crippen molar-refractivity contribution in [2.45, 2.75) is 13.8 Å². The van der Waals surface area contributed by atoms with Crippen LogP contribution in [0.15, 0.2) is 45.6 Å². The van der Waals surface area contributed by atoms with Gasteiger partial charge in [-0.2, -0.15) is 0 Å². The van der Waals surface area contributed by atoms with E-state index in [1.54, 1.807) is 24.3 Å². The zero-order valence-electron chi connectivity index (χ0n) is 16.2. The Labute approximate surface area is 165 Å². The Bertz CT molecular complexity index is 1160. The number of carbonyl (C=O) groups excluding carboxylic acids is 2. The molecule has 0 N–H and O–H groups in total. The summed E-state index contributed by atoms with van der Waals surface area (Å²) in [5.41, 5.74) is 0.397. The van der Waals surface area contributed by atoms with Crippen LogP contribution in [0.5, 0.6) is 23.0 Å². The molecule has 1 heterocycles. The van der Waals surface area contributed by atoms with Gasteiger partial charge in [-0.15, -0.1) is 0 Å². The summed E-state index contributed by atoms with van der Waals surface area (Å²) in [6.07, 6.45) is 0. The molecular formula is C21H18O8. The summed E-state index contributed by atoms with van der Waals surface area (Å²) in [6, 6.07) is 9.40. The molecule has 0 atom stereocenters. The van der Waals surface area contributed by atoms with Gasteiger partial charge in [0.2, 0.25) is 0 Å². The molecule has 3 aromatic rings. The second-order valence-corrected chi connectivity index (χ2v) is 6.04. The van der Waals surface area contributed by atoms with E-state index in [-0.39, 0.29) is 22.6 Å². The van der Waals surface area contributed by atoms with E-state index in [1.165, 1.54) is 40.2 Å². The smallest absolute Gasteiger partial charge is 0.344 e. The van der Waals surface area contributed by atoms with Crippen molar-refractivity contribution in [3.8, 4) is 34.1 Å². The van der Waals surface area contributed by atoms with Gasteiger partial charge in [0.05, 0.1) is 19.8 Å². The molecular weight excluding hydrogens is 380 g/mol. The molecule has 0 saturated heterocycles. The fourth-order valence-corrected chi connectivity index (χ4v) is 2.80. The van der Waals surface area contributed by atoms with E-state index in [0.29, 0.717) is 22.4 Å². The fraction of sp³-hybridized carbons (Fsp3) is 0.190. The van der Waals surface area contributed by atoms with Crippen LogP contribution in [0, 0.1) is 0 Å². The zero-order chi connectivity index (χ0) is 21.1. The molecule has 2 aromatic carbocycles. The van der Waals surface area contributed by atoms with Gasteiger partial charge in [0, 0.05) is 25.3 Å². The van der Waals surface area contributed by atoms with Crippen molar-refractivity contribution in [1.29, 1.82) is 0 Å². The van der Waals surface area contributed by atoms with Gasteiger partial charge in [0.25, 0.3) is 0 Å². The number of fused-ring (bicyclic) bond motifs is 1. The largest absolute Gasteiger partial charge is 0.493 e. The molecule has 0 aliphatic carbocycles. The molecule has 150 valence electrons. The summed E-state index contributed by atoms with van der Waals surface area (Å²) in [6.45, 7) is 2.43. The number of rotatable bonds is 5. The fourth-order valence-electron chi connectivity index (χ4n) is 2.80. The number of hydrogen-bond acceptors (Lipinski definition) is 8. The molecule has 0 saturated carbocycles. The highest BCUT2D eigenvalue weighted by molar-refractivity contribution is 5.87. The van der Waals surface area contributed by atoms with Crippen molar-refractivity contribution in [2.75, 3.05) is 14.2 Å². The Morgan fingerprint density at radius 3 is 2.00 bits per heavy atom. The van der Waals surface area contributed by atoms with Gasteiger partial charge in [-0.1, -0.05) is 6.07 Å². The number of carbonyl (C=O) groups is 2. The van der Waals surface area contributed by atoms with E-state index < -0.39 is 17.6 Å². The molecule has 3 rings (SSSR count). The second-order valence-electron chi connectivity index (χ2n) is 6.04. The first-order valence-corrected chi connectivity index (χ1v) is 8.53. The number of ether oxygens (including phenoxy) is 4. The Kier molecular flexibility index (Phi) is 5.54. The van der Waals surface area contributed by atoms with E-state index in [0.717, 1.165) is 0 Å². The highest BCUT2D eigenvalue weighted by Crippen LogP contribution is 2.35. The van der Waals surface area contributed by atoms with E-state index in [2.05, 4.69) is 0 Å². The molecule has 29 heavy (non-hydrogen) atoms. The van der Waals surface area contributed by atoms with Crippen LogP contribution in [0.4, 0.5) is 0 Å². The minimum atomic E-state index is -0.609. The molecule has 0 aliphatic heterocycles. The van der Waals surface area contributed by atoms with Crippen LogP contribution in [0.25, 0.3) is 22.1 Å². The van der Waals surface area contributed by atoms with E-state index in [9.17, 15) is 14.4 Å². The minimum Gasteiger partial charge on any atom is -0.493 e. The lowest BCUT2D eigenvalue weighted by Gasteiger charge is -2.11. The first-order valence-electron chi connectivity index (χ1n) is 8.53.